The molecule has 0 heterocycles. The lowest BCUT2D eigenvalue weighted by molar-refractivity contribution is -0.122. The Kier molecular flexibility index (Phi) is 10.2. The molecule has 1 aliphatic rings. The molecule has 0 fully saturated rings. The largest absolute Gasteiger partial charge is 0.497 e. The molecule has 0 bridgehead atoms. The van der Waals surface area contributed by atoms with Crippen molar-refractivity contribution >= 4 is 5.91 Å². The monoisotopic (exact) mass is 480 g/mol. The number of rotatable bonds is 12. The second-order valence-electron chi connectivity index (χ2n) is 9.10. The third-order valence-electron chi connectivity index (χ3n) is 6.66. The second kappa shape index (κ2) is 13.3. The van der Waals surface area contributed by atoms with Crippen molar-refractivity contribution in [3.8, 4) is 11.5 Å². The van der Waals surface area contributed by atoms with E-state index >= 15 is 0 Å². The fourth-order valence-corrected chi connectivity index (χ4v) is 4.68. The van der Waals surface area contributed by atoms with Crippen LogP contribution in [0.2, 0.25) is 0 Å². The molecule has 2 aromatic carbocycles. The highest BCUT2D eigenvalue weighted by atomic mass is 16.5. The van der Waals surface area contributed by atoms with Crippen molar-refractivity contribution < 1.29 is 19.0 Å². The summed E-state index contributed by atoms with van der Waals surface area (Å²) in [6.45, 7) is 7.35. The van der Waals surface area contributed by atoms with Crippen molar-refractivity contribution in [2.24, 2.45) is 0 Å². The third-order valence-corrected chi connectivity index (χ3v) is 6.66. The van der Waals surface area contributed by atoms with Crippen LogP contribution in [0.25, 0.3) is 0 Å². The van der Waals surface area contributed by atoms with Crippen LogP contribution in [0, 0.1) is 0 Å². The molecule has 6 heteroatoms. The van der Waals surface area contributed by atoms with Crippen LogP contribution in [-0.2, 0) is 22.6 Å². The first-order chi connectivity index (χ1) is 17.0. The number of amides is 1. The maximum Gasteiger partial charge on any atom is 0.217 e. The highest BCUT2D eigenvalue weighted by Crippen LogP contribution is 2.27. The molecule has 0 spiro atoms. The molecule has 0 unspecified atom stereocenters. The van der Waals surface area contributed by atoms with Gasteiger partial charge in [-0.2, -0.15) is 0 Å². The highest BCUT2D eigenvalue weighted by Gasteiger charge is 2.36. The maximum absolute atomic E-state index is 12.3. The number of nitrogens with one attached hydrogen (secondary N) is 1. The molecule has 35 heavy (non-hydrogen) atoms. The zero-order valence-corrected chi connectivity index (χ0v) is 21.7. The second-order valence-corrected chi connectivity index (χ2v) is 9.10. The average molecular weight is 481 g/mol. The topological polar surface area (TPSA) is 60.0 Å². The van der Waals surface area contributed by atoms with Gasteiger partial charge >= 0.3 is 0 Å². The molecule has 1 aliphatic carbocycles. The predicted octanol–water partition coefficient (Wildman–Crippen LogP) is 5.11. The van der Waals surface area contributed by atoms with Gasteiger partial charge in [0.05, 0.1) is 32.5 Å². The smallest absolute Gasteiger partial charge is 0.217 e. The van der Waals surface area contributed by atoms with Crippen molar-refractivity contribution in [2.45, 2.75) is 77.4 Å². The SMILES string of the molecule is CCC(CC)O[C@@H]1C=CC[C@H](N(Cc2ccc(OC)cc2)Cc2ccc(OC)cc2)[C@H]1NC(C)=O. The van der Waals surface area contributed by atoms with E-state index < -0.39 is 0 Å². The summed E-state index contributed by atoms with van der Waals surface area (Å²) in [5.41, 5.74) is 2.38. The fourth-order valence-electron chi connectivity index (χ4n) is 4.68. The van der Waals surface area contributed by atoms with Gasteiger partial charge in [0.1, 0.15) is 11.5 Å². The van der Waals surface area contributed by atoms with Gasteiger partial charge in [-0.25, -0.2) is 0 Å². The van der Waals surface area contributed by atoms with Crippen molar-refractivity contribution in [1.29, 1.82) is 0 Å². The van der Waals surface area contributed by atoms with Crippen molar-refractivity contribution in [2.75, 3.05) is 14.2 Å². The number of methoxy groups -OCH3 is 2. The van der Waals surface area contributed by atoms with E-state index in [2.05, 4.69) is 60.5 Å². The molecule has 2 aromatic rings. The Balaban J connectivity index is 1.91. The number of nitrogens with zero attached hydrogens (tertiary/aromatic N) is 1. The predicted molar refractivity (Wildman–Crippen MR) is 140 cm³/mol. The molecule has 0 saturated heterocycles. The van der Waals surface area contributed by atoms with Gasteiger partial charge in [-0.3, -0.25) is 9.69 Å². The van der Waals surface area contributed by atoms with Crippen molar-refractivity contribution in [3.63, 3.8) is 0 Å². The molecule has 190 valence electrons. The molecule has 0 saturated carbocycles. The fraction of sp³-hybridized carbons (Fsp3) is 0.483. The standard InChI is InChI=1S/C29H40N2O4/c1-6-24(7-2)35-28-10-8-9-27(29(28)30-21(3)32)31(19-22-11-15-25(33-4)16-12-22)20-23-13-17-26(34-5)18-14-23/h8,10-18,24,27-29H,6-7,9,19-20H2,1-5H3,(H,30,32)/t27-,28+,29+/m0/s1. The number of carbonyl (C=O) groups excluding carboxylic acids is 1. The minimum Gasteiger partial charge on any atom is -0.497 e. The zero-order valence-electron chi connectivity index (χ0n) is 21.7. The Labute approximate surface area is 210 Å². The zero-order chi connectivity index (χ0) is 25.2. The molecule has 1 N–H and O–H groups in total. The van der Waals surface area contributed by atoms with Gasteiger partial charge in [0.2, 0.25) is 5.91 Å². The Morgan fingerprint density at radius 2 is 1.46 bits per heavy atom. The van der Waals surface area contributed by atoms with Crippen LogP contribution in [0.15, 0.2) is 60.7 Å². The molecule has 0 aliphatic heterocycles. The Bertz CT molecular complexity index is 889. The molecular formula is C29H40N2O4. The van der Waals surface area contributed by atoms with Crippen LogP contribution in [-0.4, -0.2) is 49.3 Å². The Morgan fingerprint density at radius 3 is 1.89 bits per heavy atom. The van der Waals surface area contributed by atoms with Gasteiger partial charge in [-0.05, 0) is 54.7 Å². The highest BCUT2D eigenvalue weighted by molar-refractivity contribution is 5.73. The number of ether oxygens (including phenoxy) is 3. The molecule has 3 atom stereocenters. The first kappa shape index (κ1) is 26.8. The third kappa shape index (κ3) is 7.58. The van der Waals surface area contributed by atoms with Crippen LogP contribution in [0.3, 0.4) is 0 Å². The van der Waals surface area contributed by atoms with Gasteiger partial charge in [0.25, 0.3) is 0 Å². The van der Waals surface area contributed by atoms with Crippen LogP contribution >= 0.6 is 0 Å². The number of hydrogen-bond donors (Lipinski definition) is 1. The summed E-state index contributed by atoms with van der Waals surface area (Å²) in [6.07, 6.45) is 7.03. The lowest BCUT2D eigenvalue weighted by Gasteiger charge is -2.42. The summed E-state index contributed by atoms with van der Waals surface area (Å²) in [5, 5.41) is 3.23. The summed E-state index contributed by atoms with van der Waals surface area (Å²) in [5.74, 6) is 1.64. The van der Waals surface area contributed by atoms with Gasteiger partial charge in [0.15, 0.2) is 0 Å². The van der Waals surface area contributed by atoms with Crippen LogP contribution in [0.4, 0.5) is 0 Å². The van der Waals surface area contributed by atoms with Gasteiger partial charge in [-0.15, -0.1) is 0 Å². The first-order valence-corrected chi connectivity index (χ1v) is 12.6. The lowest BCUT2D eigenvalue weighted by atomic mass is 9.90. The van der Waals surface area contributed by atoms with Crippen molar-refractivity contribution in [1.82, 2.24) is 10.2 Å². The summed E-state index contributed by atoms with van der Waals surface area (Å²) >= 11 is 0. The molecule has 3 rings (SSSR count). The average Bonchev–Trinajstić information content (AvgIpc) is 2.88. The van der Waals surface area contributed by atoms with E-state index in [-0.39, 0.29) is 30.2 Å². The van der Waals surface area contributed by atoms with E-state index in [1.165, 1.54) is 11.1 Å². The number of hydrogen-bond acceptors (Lipinski definition) is 5. The Hall–Kier alpha value is -2.83. The number of benzene rings is 2. The summed E-state index contributed by atoms with van der Waals surface area (Å²) < 4.78 is 17.2. The molecule has 0 radical (unpaired) electrons. The van der Waals surface area contributed by atoms with E-state index in [0.29, 0.717) is 0 Å². The number of carbonyl (C=O) groups is 1. The summed E-state index contributed by atoms with van der Waals surface area (Å²) in [6, 6.07) is 16.3. The molecule has 1 amide bonds. The normalized spacial score (nSPS) is 19.7. The summed E-state index contributed by atoms with van der Waals surface area (Å²) in [7, 11) is 3.36. The van der Waals surface area contributed by atoms with Crippen molar-refractivity contribution in [3.05, 3.63) is 71.8 Å². The minimum absolute atomic E-state index is 0.0395. The van der Waals surface area contributed by atoms with E-state index in [0.717, 1.165) is 43.9 Å². The van der Waals surface area contributed by atoms with Gasteiger partial charge in [-0.1, -0.05) is 50.3 Å². The first-order valence-electron chi connectivity index (χ1n) is 12.6. The quantitative estimate of drug-likeness (QED) is 0.428. The van der Waals surface area contributed by atoms with E-state index in [9.17, 15) is 4.79 Å². The van der Waals surface area contributed by atoms with Crippen LogP contribution < -0.4 is 14.8 Å². The Morgan fingerprint density at radius 1 is 0.943 bits per heavy atom. The van der Waals surface area contributed by atoms with Gasteiger partial charge in [0, 0.05) is 26.1 Å². The maximum atomic E-state index is 12.3. The van der Waals surface area contributed by atoms with Crippen LogP contribution in [0.1, 0.15) is 51.2 Å². The lowest BCUT2D eigenvalue weighted by Crippen LogP contribution is -2.58. The summed E-state index contributed by atoms with van der Waals surface area (Å²) in [4.78, 5) is 14.7. The van der Waals surface area contributed by atoms with Crippen LogP contribution in [0.5, 0.6) is 11.5 Å². The van der Waals surface area contributed by atoms with E-state index in [4.69, 9.17) is 14.2 Å². The van der Waals surface area contributed by atoms with Gasteiger partial charge < -0.3 is 19.5 Å². The molecular weight excluding hydrogens is 440 g/mol. The molecule has 6 nitrogen and oxygen atoms in total. The molecule has 0 aromatic heterocycles. The van der Waals surface area contributed by atoms with E-state index in [1.807, 2.05) is 24.3 Å². The minimum atomic E-state index is -0.170. The van der Waals surface area contributed by atoms with E-state index in [1.54, 1.807) is 21.1 Å².